The molecule has 2 aromatic heterocycles. The van der Waals surface area contributed by atoms with Crippen LogP contribution in [-0.4, -0.2) is 9.97 Å². The van der Waals surface area contributed by atoms with Crippen molar-refractivity contribution in [2.75, 3.05) is 0 Å². The van der Waals surface area contributed by atoms with Gasteiger partial charge in [-0.3, -0.25) is 9.78 Å². The molecule has 0 unspecified atom stereocenters. The van der Waals surface area contributed by atoms with E-state index in [2.05, 4.69) is 9.97 Å². The third-order valence-electron chi connectivity index (χ3n) is 2.74. The molecular formula is C14H10N2O. The predicted octanol–water partition coefficient (Wildman–Crippen LogP) is 2.59. The van der Waals surface area contributed by atoms with Crippen molar-refractivity contribution >= 4 is 10.9 Å². The first-order valence-electron chi connectivity index (χ1n) is 5.37. The van der Waals surface area contributed by atoms with Crippen LogP contribution in [0.5, 0.6) is 0 Å². The molecule has 3 aromatic rings. The first kappa shape index (κ1) is 9.78. The lowest BCUT2D eigenvalue weighted by atomic mass is 10.1. The molecular weight excluding hydrogens is 212 g/mol. The average molecular weight is 222 g/mol. The number of para-hydroxylation sites is 1. The van der Waals surface area contributed by atoms with E-state index in [1.165, 1.54) is 0 Å². The Labute approximate surface area is 97.8 Å². The Bertz CT molecular complexity index is 717. The van der Waals surface area contributed by atoms with Gasteiger partial charge in [-0.05, 0) is 35.2 Å². The standard InChI is InChI=1S/C14H10N2O/c17-14-12(10-5-7-15-8-6-10)9-11-3-1-2-4-13(11)16-14/h1-9H,(H,16,17). The van der Waals surface area contributed by atoms with Crippen molar-refractivity contribution in [1.82, 2.24) is 9.97 Å². The largest absolute Gasteiger partial charge is 0.321 e. The molecule has 3 rings (SSSR count). The fraction of sp³-hybridized carbons (Fsp3) is 0. The van der Waals surface area contributed by atoms with Crippen LogP contribution in [-0.2, 0) is 0 Å². The van der Waals surface area contributed by atoms with E-state index in [-0.39, 0.29) is 5.56 Å². The number of benzene rings is 1. The highest BCUT2D eigenvalue weighted by atomic mass is 16.1. The number of H-pyrrole nitrogens is 1. The van der Waals surface area contributed by atoms with E-state index in [1.54, 1.807) is 12.4 Å². The summed E-state index contributed by atoms with van der Waals surface area (Å²) < 4.78 is 0. The third-order valence-corrected chi connectivity index (χ3v) is 2.74. The molecule has 0 saturated carbocycles. The van der Waals surface area contributed by atoms with Gasteiger partial charge in [0.15, 0.2) is 0 Å². The van der Waals surface area contributed by atoms with Crippen LogP contribution in [0, 0.1) is 0 Å². The fourth-order valence-corrected chi connectivity index (χ4v) is 1.89. The van der Waals surface area contributed by atoms with Gasteiger partial charge >= 0.3 is 0 Å². The molecule has 17 heavy (non-hydrogen) atoms. The summed E-state index contributed by atoms with van der Waals surface area (Å²) in [5, 5.41) is 1.03. The van der Waals surface area contributed by atoms with Gasteiger partial charge in [-0.1, -0.05) is 18.2 Å². The molecule has 0 aliphatic heterocycles. The van der Waals surface area contributed by atoms with Crippen molar-refractivity contribution in [3.8, 4) is 11.1 Å². The van der Waals surface area contributed by atoms with Gasteiger partial charge in [0.05, 0.1) is 0 Å². The van der Waals surface area contributed by atoms with Crippen LogP contribution in [0.1, 0.15) is 0 Å². The quantitative estimate of drug-likeness (QED) is 0.687. The fourth-order valence-electron chi connectivity index (χ4n) is 1.89. The van der Waals surface area contributed by atoms with Crippen LogP contribution in [0.3, 0.4) is 0 Å². The molecule has 0 aliphatic rings. The normalized spacial score (nSPS) is 10.6. The second kappa shape index (κ2) is 3.87. The van der Waals surface area contributed by atoms with Gasteiger partial charge in [-0.15, -0.1) is 0 Å². The van der Waals surface area contributed by atoms with Crippen molar-refractivity contribution in [2.45, 2.75) is 0 Å². The van der Waals surface area contributed by atoms with Crippen LogP contribution < -0.4 is 5.56 Å². The van der Waals surface area contributed by atoms with Crippen LogP contribution in [0.25, 0.3) is 22.0 Å². The van der Waals surface area contributed by atoms with Gasteiger partial charge in [0, 0.05) is 23.5 Å². The summed E-state index contributed by atoms with van der Waals surface area (Å²) >= 11 is 0. The maximum Gasteiger partial charge on any atom is 0.256 e. The maximum absolute atomic E-state index is 12.0. The molecule has 1 N–H and O–H groups in total. The summed E-state index contributed by atoms with van der Waals surface area (Å²) in [6.07, 6.45) is 3.37. The van der Waals surface area contributed by atoms with E-state index in [0.717, 1.165) is 16.5 Å². The lowest BCUT2D eigenvalue weighted by molar-refractivity contribution is 1.29. The second-order valence-electron chi connectivity index (χ2n) is 3.84. The van der Waals surface area contributed by atoms with E-state index >= 15 is 0 Å². The smallest absolute Gasteiger partial charge is 0.256 e. The molecule has 3 heteroatoms. The lowest BCUT2D eigenvalue weighted by Crippen LogP contribution is -2.08. The highest BCUT2D eigenvalue weighted by Crippen LogP contribution is 2.18. The van der Waals surface area contributed by atoms with Crippen LogP contribution in [0.4, 0.5) is 0 Å². The number of hydrogen-bond donors (Lipinski definition) is 1. The minimum absolute atomic E-state index is 0.0742. The molecule has 0 aliphatic carbocycles. The molecule has 0 spiro atoms. The Morgan fingerprint density at radius 3 is 2.59 bits per heavy atom. The summed E-state index contributed by atoms with van der Waals surface area (Å²) in [5.41, 5.74) is 2.34. The molecule has 0 fully saturated rings. The molecule has 82 valence electrons. The molecule has 0 atom stereocenters. The van der Waals surface area contributed by atoms with Crippen LogP contribution in [0.15, 0.2) is 59.7 Å². The highest BCUT2D eigenvalue weighted by molar-refractivity contribution is 5.83. The summed E-state index contributed by atoms with van der Waals surface area (Å²) in [4.78, 5) is 18.8. The van der Waals surface area contributed by atoms with Crippen molar-refractivity contribution in [3.63, 3.8) is 0 Å². The van der Waals surface area contributed by atoms with E-state index < -0.39 is 0 Å². The van der Waals surface area contributed by atoms with E-state index in [0.29, 0.717) is 5.56 Å². The number of hydrogen-bond acceptors (Lipinski definition) is 2. The van der Waals surface area contributed by atoms with E-state index in [9.17, 15) is 4.79 Å². The average Bonchev–Trinajstić information content (AvgIpc) is 2.39. The topological polar surface area (TPSA) is 45.8 Å². The van der Waals surface area contributed by atoms with Crippen molar-refractivity contribution in [1.29, 1.82) is 0 Å². The van der Waals surface area contributed by atoms with Crippen LogP contribution in [0.2, 0.25) is 0 Å². The van der Waals surface area contributed by atoms with E-state index in [4.69, 9.17) is 0 Å². The Morgan fingerprint density at radius 2 is 1.76 bits per heavy atom. The maximum atomic E-state index is 12.0. The Hall–Kier alpha value is -2.42. The van der Waals surface area contributed by atoms with Crippen LogP contribution >= 0.6 is 0 Å². The summed E-state index contributed by atoms with van der Waals surface area (Å²) in [6.45, 7) is 0. The Kier molecular flexibility index (Phi) is 2.22. The molecule has 0 saturated heterocycles. The number of pyridine rings is 2. The van der Waals surface area contributed by atoms with Gasteiger partial charge < -0.3 is 4.98 Å². The molecule has 0 bridgehead atoms. The van der Waals surface area contributed by atoms with Crippen molar-refractivity contribution < 1.29 is 0 Å². The number of nitrogens with one attached hydrogen (secondary N) is 1. The number of aromatic nitrogens is 2. The number of aromatic amines is 1. The summed E-state index contributed by atoms with van der Waals surface area (Å²) in [5.74, 6) is 0. The second-order valence-corrected chi connectivity index (χ2v) is 3.84. The zero-order chi connectivity index (χ0) is 11.7. The Morgan fingerprint density at radius 1 is 1.00 bits per heavy atom. The number of rotatable bonds is 1. The monoisotopic (exact) mass is 222 g/mol. The highest BCUT2D eigenvalue weighted by Gasteiger charge is 2.04. The number of fused-ring (bicyclic) bond motifs is 1. The minimum Gasteiger partial charge on any atom is -0.321 e. The lowest BCUT2D eigenvalue weighted by Gasteiger charge is -2.02. The summed E-state index contributed by atoms with van der Waals surface area (Å²) in [7, 11) is 0. The summed E-state index contributed by atoms with van der Waals surface area (Å²) in [6, 6.07) is 13.3. The van der Waals surface area contributed by atoms with Gasteiger partial charge in [0.2, 0.25) is 0 Å². The first-order valence-corrected chi connectivity index (χ1v) is 5.37. The van der Waals surface area contributed by atoms with Crippen molar-refractivity contribution in [3.05, 3.63) is 65.2 Å². The van der Waals surface area contributed by atoms with Gasteiger partial charge in [0.1, 0.15) is 0 Å². The third kappa shape index (κ3) is 1.72. The van der Waals surface area contributed by atoms with Gasteiger partial charge in [-0.25, -0.2) is 0 Å². The molecule has 0 radical (unpaired) electrons. The zero-order valence-corrected chi connectivity index (χ0v) is 9.05. The minimum atomic E-state index is -0.0742. The first-order chi connectivity index (χ1) is 8.34. The molecule has 1 aromatic carbocycles. The predicted molar refractivity (Wildman–Crippen MR) is 67.8 cm³/mol. The SMILES string of the molecule is O=c1[nH]c2ccccc2cc1-c1ccncc1. The van der Waals surface area contributed by atoms with E-state index in [1.807, 2.05) is 42.5 Å². The van der Waals surface area contributed by atoms with Gasteiger partial charge in [0.25, 0.3) is 5.56 Å². The molecule has 2 heterocycles. The van der Waals surface area contributed by atoms with Crippen molar-refractivity contribution in [2.24, 2.45) is 0 Å². The zero-order valence-electron chi connectivity index (χ0n) is 9.05. The molecule has 0 amide bonds. The Balaban J connectivity index is 2.31. The number of nitrogens with zero attached hydrogens (tertiary/aromatic N) is 1. The molecule has 3 nitrogen and oxygen atoms in total. The van der Waals surface area contributed by atoms with Gasteiger partial charge in [-0.2, -0.15) is 0 Å².